The van der Waals surface area contributed by atoms with E-state index in [9.17, 15) is 10.1 Å². The lowest BCUT2D eigenvalue weighted by atomic mass is 10.2. The van der Waals surface area contributed by atoms with Gasteiger partial charge in [0.05, 0.1) is 10.8 Å². The van der Waals surface area contributed by atoms with Crippen molar-refractivity contribution in [2.75, 3.05) is 5.32 Å². The molecule has 0 aliphatic rings. The summed E-state index contributed by atoms with van der Waals surface area (Å²) in [6.07, 6.45) is 6.95. The predicted octanol–water partition coefficient (Wildman–Crippen LogP) is 4.20. The Bertz CT molecular complexity index is 743. The van der Waals surface area contributed by atoms with Crippen LogP contribution in [0.3, 0.4) is 0 Å². The maximum Gasteiger partial charge on any atom is 0.237 e. The van der Waals surface area contributed by atoms with E-state index in [-0.39, 0.29) is 11.2 Å². The molecule has 0 aromatic carbocycles. The number of nitrogens with one attached hydrogen (secondary N) is 1. The summed E-state index contributed by atoms with van der Waals surface area (Å²) in [7, 11) is 0. The number of nitrogens with zero attached hydrogens (tertiary/aromatic N) is 3. The Morgan fingerprint density at radius 1 is 1.28 bits per heavy atom. The van der Waals surface area contributed by atoms with Gasteiger partial charge in [-0.05, 0) is 43.5 Å². The van der Waals surface area contributed by atoms with Crippen molar-refractivity contribution < 1.29 is 4.79 Å². The average molecular weight is 354 g/mol. The topological polar surface area (TPSA) is 78.7 Å². The molecule has 1 unspecified atom stereocenters. The third kappa shape index (κ3) is 5.57. The fraction of sp³-hybridized carbons (Fsp3) is 0.368. The maximum absolute atomic E-state index is 12.5. The number of anilines is 1. The summed E-state index contributed by atoms with van der Waals surface area (Å²) < 4.78 is 0. The predicted molar refractivity (Wildman–Crippen MR) is 100 cm³/mol. The molecule has 6 heteroatoms. The third-order valence-corrected chi connectivity index (χ3v) is 5.06. The van der Waals surface area contributed by atoms with Crippen molar-refractivity contribution in [3.05, 3.63) is 47.9 Å². The lowest BCUT2D eigenvalue weighted by Gasteiger charge is -2.15. The molecule has 0 fully saturated rings. The van der Waals surface area contributed by atoms with Gasteiger partial charge in [0.25, 0.3) is 0 Å². The quantitative estimate of drug-likeness (QED) is 0.719. The first-order chi connectivity index (χ1) is 12.2. The van der Waals surface area contributed by atoms with E-state index in [4.69, 9.17) is 0 Å². The molecule has 0 spiro atoms. The van der Waals surface area contributed by atoms with Gasteiger partial charge in [-0.25, -0.2) is 4.98 Å². The number of rotatable bonds is 8. The normalized spacial score (nSPS) is 11.6. The molecule has 2 aromatic rings. The first kappa shape index (κ1) is 18.9. The number of carbonyl (C=O) groups excluding carboxylic acids is 1. The molecule has 2 rings (SSSR count). The zero-order valence-corrected chi connectivity index (χ0v) is 15.3. The largest absolute Gasteiger partial charge is 0.325 e. The molecule has 1 atom stereocenters. The number of carbonyl (C=O) groups is 1. The highest BCUT2D eigenvalue weighted by Gasteiger charge is 2.21. The lowest BCUT2D eigenvalue weighted by molar-refractivity contribution is -0.115. The molecule has 1 amide bonds. The van der Waals surface area contributed by atoms with Crippen LogP contribution in [0.2, 0.25) is 0 Å². The van der Waals surface area contributed by atoms with Crippen LogP contribution in [-0.4, -0.2) is 21.1 Å². The van der Waals surface area contributed by atoms with Gasteiger partial charge in [0.1, 0.15) is 11.1 Å². The van der Waals surface area contributed by atoms with Crippen molar-refractivity contribution in [1.29, 1.82) is 5.26 Å². The summed E-state index contributed by atoms with van der Waals surface area (Å²) in [6.45, 7) is 4.09. The van der Waals surface area contributed by atoms with Crippen LogP contribution >= 0.6 is 11.8 Å². The number of amides is 1. The van der Waals surface area contributed by atoms with Crippen LogP contribution in [0.1, 0.15) is 44.4 Å². The number of hydrogen-bond acceptors (Lipinski definition) is 5. The van der Waals surface area contributed by atoms with Crippen LogP contribution in [0.4, 0.5) is 5.69 Å². The van der Waals surface area contributed by atoms with Gasteiger partial charge in [0.15, 0.2) is 0 Å². The monoisotopic (exact) mass is 354 g/mol. The van der Waals surface area contributed by atoms with Gasteiger partial charge in [-0.2, -0.15) is 5.26 Å². The molecule has 1 N–H and O–H groups in total. The number of hydrogen-bond donors (Lipinski definition) is 1. The Labute approximate surface area is 152 Å². The summed E-state index contributed by atoms with van der Waals surface area (Å²) in [5, 5.41) is 12.5. The average Bonchev–Trinajstić information content (AvgIpc) is 2.65. The molecular formula is C19H22N4OS. The van der Waals surface area contributed by atoms with Crippen LogP contribution in [0, 0.1) is 11.3 Å². The summed E-state index contributed by atoms with van der Waals surface area (Å²) >= 11 is 1.35. The summed E-state index contributed by atoms with van der Waals surface area (Å²) in [6, 6.07) is 9.37. The molecule has 5 nitrogen and oxygen atoms in total. The molecule has 25 heavy (non-hydrogen) atoms. The summed E-state index contributed by atoms with van der Waals surface area (Å²) in [5.41, 5.74) is 2.19. The zero-order valence-electron chi connectivity index (χ0n) is 14.5. The van der Waals surface area contributed by atoms with Crippen molar-refractivity contribution in [3.63, 3.8) is 0 Å². The summed E-state index contributed by atoms with van der Waals surface area (Å²) in [5.74, 6) is -0.0941. The Kier molecular flexibility index (Phi) is 7.42. The van der Waals surface area contributed by atoms with Crippen LogP contribution in [0.25, 0.3) is 0 Å². The van der Waals surface area contributed by atoms with Crippen molar-refractivity contribution in [2.45, 2.75) is 49.8 Å². The third-order valence-electron chi connectivity index (χ3n) is 3.69. The van der Waals surface area contributed by atoms with E-state index in [0.717, 1.165) is 25.0 Å². The van der Waals surface area contributed by atoms with Crippen molar-refractivity contribution in [1.82, 2.24) is 9.97 Å². The van der Waals surface area contributed by atoms with E-state index >= 15 is 0 Å². The van der Waals surface area contributed by atoms with Crippen molar-refractivity contribution >= 4 is 23.4 Å². The highest BCUT2D eigenvalue weighted by Crippen LogP contribution is 2.28. The Morgan fingerprint density at radius 3 is 2.68 bits per heavy atom. The van der Waals surface area contributed by atoms with Crippen LogP contribution in [0.5, 0.6) is 0 Å². The molecule has 0 saturated heterocycles. The molecule has 2 heterocycles. The fourth-order valence-corrected chi connectivity index (χ4v) is 3.28. The molecule has 130 valence electrons. The minimum Gasteiger partial charge on any atom is -0.325 e. The standard InChI is InChI=1S/C19H22N4OS/c1-3-5-6-15-8-7-14(13-20)19(23-15)25-17(4-2)18(24)22-16-9-11-21-12-10-16/h7-12,17H,3-6H2,1-2H3,(H,21,22,24). The van der Waals surface area contributed by atoms with Gasteiger partial charge < -0.3 is 5.32 Å². The molecule has 0 bridgehead atoms. The van der Waals surface area contributed by atoms with Crippen molar-refractivity contribution in [3.8, 4) is 6.07 Å². The molecule has 0 saturated carbocycles. The number of unbranched alkanes of at least 4 members (excludes halogenated alkanes) is 1. The number of thioether (sulfide) groups is 1. The number of nitriles is 1. The Hall–Kier alpha value is -2.39. The number of aryl methyl sites for hydroxylation is 1. The van der Waals surface area contributed by atoms with E-state index in [2.05, 4.69) is 28.3 Å². The summed E-state index contributed by atoms with van der Waals surface area (Å²) in [4.78, 5) is 21.1. The second-order valence-electron chi connectivity index (χ2n) is 5.61. The van der Waals surface area contributed by atoms with Crippen LogP contribution in [0.15, 0.2) is 41.7 Å². The Balaban J connectivity index is 2.14. The van der Waals surface area contributed by atoms with Gasteiger partial charge in [0.2, 0.25) is 5.91 Å². The lowest BCUT2D eigenvalue weighted by Crippen LogP contribution is -2.24. The van der Waals surface area contributed by atoms with Crippen molar-refractivity contribution in [2.24, 2.45) is 0 Å². The molecule has 0 aliphatic heterocycles. The second-order valence-corrected chi connectivity index (χ2v) is 6.80. The van der Waals surface area contributed by atoms with E-state index in [0.29, 0.717) is 22.7 Å². The van der Waals surface area contributed by atoms with E-state index < -0.39 is 0 Å². The van der Waals surface area contributed by atoms with Gasteiger partial charge in [0, 0.05) is 23.8 Å². The SMILES string of the molecule is CCCCc1ccc(C#N)c(SC(CC)C(=O)Nc2ccncc2)n1. The first-order valence-electron chi connectivity index (χ1n) is 8.45. The van der Waals surface area contributed by atoms with Gasteiger partial charge in [-0.1, -0.05) is 32.0 Å². The molecule has 0 radical (unpaired) electrons. The maximum atomic E-state index is 12.5. The minimum atomic E-state index is -0.311. The second kappa shape index (κ2) is 9.80. The smallest absolute Gasteiger partial charge is 0.237 e. The minimum absolute atomic E-state index is 0.0941. The highest BCUT2D eigenvalue weighted by molar-refractivity contribution is 8.00. The fourth-order valence-electron chi connectivity index (χ4n) is 2.27. The molecular weight excluding hydrogens is 332 g/mol. The first-order valence-corrected chi connectivity index (χ1v) is 9.33. The van der Waals surface area contributed by atoms with E-state index in [1.807, 2.05) is 13.0 Å². The van der Waals surface area contributed by atoms with E-state index in [1.54, 1.807) is 30.6 Å². The van der Waals surface area contributed by atoms with Gasteiger partial charge >= 0.3 is 0 Å². The van der Waals surface area contributed by atoms with Crippen LogP contribution in [-0.2, 0) is 11.2 Å². The highest BCUT2D eigenvalue weighted by atomic mass is 32.2. The molecule has 0 aliphatic carbocycles. The van der Waals surface area contributed by atoms with Gasteiger partial charge in [-0.15, -0.1) is 0 Å². The van der Waals surface area contributed by atoms with Crippen LogP contribution < -0.4 is 5.32 Å². The molecule has 2 aromatic heterocycles. The number of pyridine rings is 2. The van der Waals surface area contributed by atoms with Gasteiger partial charge in [-0.3, -0.25) is 9.78 Å². The number of aromatic nitrogens is 2. The Morgan fingerprint density at radius 2 is 2.04 bits per heavy atom. The zero-order chi connectivity index (χ0) is 18.1. The van der Waals surface area contributed by atoms with E-state index in [1.165, 1.54) is 11.8 Å².